The first-order chi connectivity index (χ1) is 10.6. The molecule has 0 aromatic heterocycles. The zero-order chi connectivity index (χ0) is 16.8. The van der Waals surface area contributed by atoms with E-state index in [0.29, 0.717) is 25.7 Å². The van der Waals surface area contributed by atoms with Crippen LogP contribution >= 0.6 is 0 Å². The zero-order valence-electron chi connectivity index (χ0n) is 12.9. The second-order valence-electron chi connectivity index (χ2n) is 4.55. The minimum Gasteiger partial charge on any atom is -0.459 e. The van der Waals surface area contributed by atoms with Crippen LogP contribution in [0.25, 0.3) is 0 Å². The van der Waals surface area contributed by atoms with Crippen molar-refractivity contribution in [1.29, 1.82) is 0 Å². The largest absolute Gasteiger partial charge is 0.459 e. The van der Waals surface area contributed by atoms with Crippen LogP contribution in [0, 0.1) is 0 Å². The first-order valence-corrected chi connectivity index (χ1v) is 7.10. The van der Waals surface area contributed by atoms with Crippen LogP contribution < -0.4 is 0 Å². The summed E-state index contributed by atoms with van der Waals surface area (Å²) in [5.74, 6) is -1.20. The van der Waals surface area contributed by atoms with Gasteiger partial charge in [-0.05, 0) is 0 Å². The summed E-state index contributed by atoms with van der Waals surface area (Å²) < 4.78 is 10.3. The summed E-state index contributed by atoms with van der Waals surface area (Å²) in [6, 6.07) is 0. The third-order valence-electron chi connectivity index (χ3n) is 2.64. The van der Waals surface area contributed by atoms with Crippen molar-refractivity contribution in [3.8, 4) is 0 Å². The molecule has 4 nitrogen and oxygen atoms in total. The highest BCUT2D eigenvalue weighted by Gasteiger charge is 2.12. The molecule has 0 aliphatic carbocycles. The molecule has 0 unspecified atom stereocenters. The summed E-state index contributed by atoms with van der Waals surface area (Å²) >= 11 is 0. The van der Waals surface area contributed by atoms with Crippen LogP contribution in [0.2, 0.25) is 0 Å². The molecule has 0 fully saturated rings. The number of rotatable bonds is 12. The van der Waals surface area contributed by atoms with E-state index in [0.717, 1.165) is 12.2 Å². The maximum absolute atomic E-state index is 11.6. The van der Waals surface area contributed by atoms with Crippen molar-refractivity contribution < 1.29 is 19.1 Å². The predicted molar refractivity (Wildman–Crippen MR) is 88.2 cm³/mol. The van der Waals surface area contributed by atoms with E-state index in [-0.39, 0.29) is 12.2 Å². The first kappa shape index (κ1) is 19.6. The Balaban J connectivity index is 4.41. The van der Waals surface area contributed by atoms with Gasteiger partial charge in [-0.25, -0.2) is 9.59 Å². The predicted octanol–water partition coefficient (Wildman–Crippen LogP) is 3.67. The molecular formula is C18H24O4. The Morgan fingerprint density at radius 3 is 1.18 bits per heavy atom. The molecule has 0 N–H and O–H groups in total. The monoisotopic (exact) mass is 304 g/mol. The Morgan fingerprint density at radius 2 is 0.955 bits per heavy atom. The smallest absolute Gasteiger partial charge is 0.331 e. The lowest BCUT2D eigenvalue weighted by Gasteiger charge is -2.13. The first-order valence-electron chi connectivity index (χ1n) is 7.10. The fraction of sp³-hybridized carbons (Fsp3) is 0.333. The van der Waals surface area contributed by atoms with Gasteiger partial charge in [0.25, 0.3) is 0 Å². The van der Waals surface area contributed by atoms with Crippen molar-refractivity contribution >= 4 is 11.9 Å². The van der Waals surface area contributed by atoms with Gasteiger partial charge in [0.05, 0.1) is 0 Å². The topological polar surface area (TPSA) is 52.6 Å². The second kappa shape index (κ2) is 12.4. The quantitative estimate of drug-likeness (QED) is 0.313. The van der Waals surface area contributed by atoms with Gasteiger partial charge in [0, 0.05) is 37.8 Å². The molecule has 0 radical (unpaired) electrons. The molecule has 0 aromatic rings. The standard InChI is InChI=1S/C18H24O4/c1-5-9-15(10-6-2)21-17(19)13-14-18(20)22-16(11-7-3)12-8-4/h5-8,13-16H,1-4,9-12H2. The number of carbonyl (C=O) groups excluding carboxylic acids is 2. The van der Waals surface area contributed by atoms with Gasteiger partial charge < -0.3 is 9.47 Å². The molecule has 0 bridgehead atoms. The summed E-state index contributed by atoms with van der Waals surface area (Å²) in [7, 11) is 0. The van der Waals surface area contributed by atoms with Gasteiger partial charge in [0.15, 0.2) is 0 Å². The van der Waals surface area contributed by atoms with Crippen molar-refractivity contribution in [1.82, 2.24) is 0 Å². The average molecular weight is 304 g/mol. The molecule has 0 aromatic carbocycles. The average Bonchev–Trinajstić information content (AvgIpc) is 2.46. The van der Waals surface area contributed by atoms with Crippen molar-refractivity contribution in [2.75, 3.05) is 0 Å². The molecule has 4 heteroatoms. The Kier molecular flexibility index (Phi) is 11.1. The molecule has 120 valence electrons. The second-order valence-corrected chi connectivity index (χ2v) is 4.55. The summed E-state index contributed by atoms with van der Waals surface area (Å²) in [5, 5.41) is 0. The number of ether oxygens (including phenoxy) is 2. The highest BCUT2D eigenvalue weighted by Crippen LogP contribution is 2.08. The lowest BCUT2D eigenvalue weighted by molar-refractivity contribution is -0.145. The van der Waals surface area contributed by atoms with E-state index >= 15 is 0 Å². The van der Waals surface area contributed by atoms with Crippen LogP contribution in [0.4, 0.5) is 0 Å². The third kappa shape index (κ3) is 9.53. The van der Waals surface area contributed by atoms with Gasteiger partial charge >= 0.3 is 11.9 Å². The fourth-order valence-electron chi connectivity index (χ4n) is 1.67. The molecule has 0 saturated carbocycles. The van der Waals surface area contributed by atoms with Gasteiger partial charge in [-0.3, -0.25) is 0 Å². The number of esters is 2. The van der Waals surface area contributed by atoms with Crippen molar-refractivity contribution in [3.05, 3.63) is 62.8 Å². The van der Waals surface area contributed by atoms with Crippen molar-refractivity contribution in [2.45, 2.75) is 37.9 Å². The van der Waals surface area contributed by atoms with Gasteiger partial charge in [-0.2, -0.15) is 0 Å². The molecule has 0 atom stereocenters. The summed E-state index contributed by atoms with van der Waals surface area (Å²) in [6.45, 7) is 14.4. The van der Waals surface area contributed by atoms with Crippen LogP contribution in [0.15, 0.2) is 62.8 Å². The van der Waals surface area contributed by atoms with Crippen molar-refractivity contribution in [3.63, 3.8) is 0 Å². The maximum Gasteiger partial charge on any atom is 0.331 e. The van der Waals surface area contributed by atoms with Crippen molar-refractivity contribution in [2.24, 2.45) is 0 Å². The Hall–Kier alpha value is -2.36. The normalized spacial score (nSPS) is 10.5. The number of hydrogen-bond donors (Lipinski definition) is 0. The van der Waals surface area contributed by atoms with Crippen LogP contribution in [-0.2, 0) is 19.1 Å². The molecule has 0 spiro atoms. The Labute approximate surface area is 132 Å². The van der Waals surface area contributed by atoms with E-state index in [9.17, 15) is 9.59 Å². The van der Waals surface area contributed by atoms with E-state index < -0.39 is 11.9 Å². The van der Waals surface area contributed by atoms with Gasteiger partial charge in [0.2, 0.25) is 0 Å². The molecule has 0 saturated heterocycles. The Bertz CT molecular complexity index is 374. The van der Waals surface area contributed by atoms with Crippen LogP contribution in [0.1, 0.15) is 25.7 Å². The molecule has 0 rings (SSSR count). The minimum absolute atomic E-state index is 0.322. The van der Waals surface area contributed by atoms with E-state index in [1.165, 1.54) is 0 Å². The number of carbonyl (C=O) groups is 2. The molecule has 0 aliphatic rings. The summed E-state index contributed by atoms with van der Waals surface area (Å²) in [5.41, 5.74) is 0. The van der Waals surface area contributed by atoms with E-state index in [1.54, 1.807) is 24.3 Å². The van der Waals surface area contributed by atoms with Crippen LogP contribution in [-0.4, -0.2) is 24.1 Å². The minimum atomic E-state index is -0.602. The number of hydrogen-bond acceptors (Lipinski definition) is 4. The van der Waals surface area contributed by atoms with Gasteiger partial charge in [0.1, 0.15) is 12.2 Å². The molecule has 22 heavy (non-hydrogen) atoms. The van der Waals surface area contributed by atoms with Crippen LogP contribution in [0.5, 0.6) is 0 Å². The fourth-order valence-corrected chi connectivity index (χ4v) is 1.67. The van der Waals surface area contributed by atoms with E-state index in [4.69, 9.17) is 9.47 Å². The maximum atomic E-state index is 11.6. The molecule has 0 heterocycles. The highest BCUT2D eigenvalue weighted by atomic mass is 16.5. The van der Waals surface area contributed by atoms with Crippen LogP contribution in [0.3, 0.4) is 0 Å². The Morgan fingerprint density at radius 1 is 0.682 bits per heavy atom. The molecular weight excluding hydrogens is 280 g/mol. The van der Waals surface area contributed by atoms with E-state index in [1.807, 2.05) is 0 Å². The lowest BCUT2D eigenvalue weighted by Crippen LogP contribution is -2.17. The summed E-state index contributed by atoms with van der Waals surface area (Å²) in [6.07, 6.45) is 10.2. The zero-order valence-corrected chi connectivity index (χ0v) is 12.9. The molecule has 0 amide bonds. The summed E-state index contributed by atoms with van der Waals surface area (Å²) in [4.78, 5) is 23.3. The molecule has 0 aliphatic heterocycles. The van der Waals surface area contributed by atoms with Gasteiger partial charge in [-0.15, -0.1) is 26.3 Å². The lowest BCUT2D eigenvalue weighted by atomic mass is 10.2. The third-order valence-corrected chi connectivity index (χ3v) is 2.64. The highest BCUT2D eigenvalue weighted by molar-refractivity contribution is 5.91. The van der Waals surface area contributed by atoms with Gasteiger partial charge in [-0.1, -0.05) is 24.3 Å². The SMILES string of the molecule is C=CCC(CC=C)OC(=O)C=CC(=O)OC(CC=C)CC=C. The van der Waals surface area contributed by atoms with E-state index in [2.05, 4.69) is 26.3 Å².